The molecule has 19 heavy (non-hydrogen) atoms. The number of nitrogen functional groups attached to an aromatic ring is 1. The van der Waals surface area contributed by atoms with Crippen molar-refractivity contribution in [3.63, 3.8) is 0 Å². The van der Waals surface area contributed by atoms with Gasteiger partial charge in [-0.25, -0.2) is 0 Å². The van der Waals surface area contributed by atoms with Gasteiger partial charge in [0.25, 0.3) is 5.91 Å². The van der Waals surface area contributed by atoms with E-state index in [0.717, 1.165) is 5.56 Å². The number of carbonyl (C=O) groups excluding carboxylic acids is 1. The van der Waals surface area contributed by atoms with Crippen molar-refractivity contribution in [2.75, 3.05) is 11.1 Å². The van der Waals surface area contributed by atoms with Crippen LogP contribution < -0.4 is 11.1 Å². The molecule has 0 bridgehead atoms. The molecule has 2 rings (SSSR count). The molecular formula is C14H13ClN2O2. The molecule has 0 spiro atoms. The zero-order chi connectivity index (χ0) is 14.0. The molecule has 5 heteroatoms. The van der Waals surface area contributed by atoms with Crippen LogP contribution in [0.3, 0.4) is 0 Å². The predicted octanol–water partition coefficient (Wildman–Crippen LogP) is 3.19. The van der Waals surface area contributed by atoms with Crippen LogP contribution in [0, 0.1) is 6.92 Å². The van der Waals surface area contributed by atoms with E-state index < -0.39 is 0 Å². The van der Waals surface area contributed by atoms with E-state index in [0.29, 0.717) is 16.3 Å². The Morgan fingerprint density at radius 2 is 2.05 bits per heavy atom. The molecule has 0 aliphatic carbocycles. The molecular weight excluding hydrogens is 264 g/mol. The highest BCUT2D eigenvalue weighted by atomic mass is 35.5. The van der Waals surface area contributed by atoms with Gasteiger partial charge in [0.2, 0.25) is 0 Å². The summed E-state index contributed by atoms with van der Waals surface area (Å²) < 4.78 is 0. The first-order chi connectivity index (χ1) is 8.99. The Kier molecular flexibility index (Phi) is 3.62. The van der Waals surface area contributed by atoms with Gasteiger partial charge in [-0.2, -0.15) is 0 Å². The Balaban J connectivity index is 2.26. The van der Waals surface area contributed by atoms with Crippen molar-refractivity contribution in [2.24, 2.45) is 0 Å². The molecule has 1 amide bonds. The lowest BCUT2D eigenvalue weighted by Crippen LogP contribution is -2.14. The second-order valence-corrected chi connectivity index (χ2v) is 4.56. The average Bonchev–Trinajstić information content (AvgIpc) is 2.37. The van der Waals surface area contributed by atoms with Crippen molar-refractivity contribution in [3.05, 3.63) is 52.5 Å². The number of nitrogens with two attached hydrogens (primary N) is 1. The first kappa shape index (κ1) is 13.2. The zero-order valence-corrected chi connectivity index (χ0v) is 11.0. The van der Waals surface area contributed by atoms with Gasteiger partial charge < -0.3 is 16.2 Å². The smallest absolute Gasteiger partial charge is 0.257 e. The molecule has 2 aromatic carbocycles. The molecule has 0 radical (unpaired) electrons. The summed E-state index contributed by atoms with van der Waals surface area (Å²) in [6.45, 7) is 1.77. The quantitative estimate of drug-likeness (QED) is 0.737. The molecule has 0 aliphatic rings. The number of carbonyl (C=O) groups is 1. The number of phenols is 1. The zero-order valence-electron chi connectivity index (χ0n) is 10.3. The van der Waals surface area contributed by atoms with Gasteiger partial charge >= 0.3 is 0 Å². The number of aromatic hydroxyl groups is 1. The number of rotatable bonds is 2. The van der Waals surface area contributed by atoms with Crippen LogP contribution in [0.2, 0.25) is 5.02 Å². The van der Waals surface area contributed by atoms with Gasteiger partial charge in [-0.15, -0.1) is 0 Å². The highest BCUT2D eigenvalue weighted by Gasteiger charge is 2.12. The maximum Gasteiger partial charge on any atom is 0.257 e. The minimum atomic E-state index is -0.372. The number of halogens is 1. The van der Waals surface area contributed by atoms with Crippen LogP contribution in [0.1, 0.15) is 15.9 Å². The Morgan fingerprint density at radius 3 is 2.74 bits per heavy atom. The number of amides is 1. The number of anilines is 2. The van der Waals surface area contributed by atoms with Crippen LogP contribution in [0.15, 0.2) is 36.4 Å². The number of hydrogen-bond acceptors (Lipinski definition) is 3. The summed E-state index contributed by atoms with van der Waals surface area (Å²) in [4.78, 5) is 12.1. The van der Waals surface area contributed by atoms with Crippen LogP contribution in [0.5, 0.6) is 5.75 Å². The van der Waals surface area contributed by atoms with E-state index in [1.165, 1.54) is 6.07 Å². The van der Waals surface area contributed by atoms with Crippen LogP contribution >= 0.6 is 11.6 Å². The molecule has 4 nitrogen and oxygen atoms in total. The van der Waals surface area contributed by atoms with Crippen LogP contribution in [-0.4, -0.2) is 11.0 Å². The summed E-state index contributed by atoms with van der Waals surface area (Å²) >= 11 is 5.86. The minimum absolute atomic E-state index is 0.122. The van der Waals surface area contributed by atoms with Gasteiger partial charge in [0.05, 0.1) is 16.3 Å². The van der Waals surface area contributed by atoms with E-state index in [-0.39, 0.29) is 17.3 Å². The summed E-state index contributed by atoms with van der Waals surface area (Å²) in [5, 5.41) is 12.6. The molecule has 2 aromatic rings. The molecule has 0 saturated carbocycles. The second kappa shape index (κ2) is 5.20. The standard InChI is InChI=1S/C14H13ClN2O2/c1-8-5-6-9(7-12(8)18)17-14(19)10-3-2-4-11(15)13(10)16/h2-7,18H,16H2,1H3,(H,17,19). The van der Waals surface area contributed by atoms with Crippen LogP contribution in [-0.2, 0) is 0 Å². The minimum Gasteiger partial charge on any atom is -0.508 e. The monoisotopic (exact) mass is 276 g/mol. The molecule has 0 aromatic heterocycles. The molecule has 0 aliphatic heterocycles. The summed E-state index contributed by atoms with van der Waals surface area (Å²) in [7, 11) is 0. The molecule has 98 valence electrons. The number of nitrogens with one attached hydrogen (secondary N) is 1. The lowest BCUT2D eigenvalue weighted by molar-refractivity contribution is 0.102. The summed E-state index contributed by atoms with van der Waals surface area (Å²) in [5.74, 6) is -0.250. The lowest BCUT2D eigenvalue weighted by atomic mass is 10.1. The van der Waals surface area contributed by atoms with Crippen molar-refractivity contribution in [2.45, 2.75) is 6.92 Å². The first-order valence-electron chi connectivity index (χ1n) is 5.64. The largest absolute Gasteiger partial charge is 0.508 e. The fraction of sp³-hybridized carbons (Fsp3) is 0.0714. The third-order valence-electron chi connectivity index (χ3n) is 2.76. The van der Waals surface area contributed by atoms with Crippen molar-refractivity contribution in [3.8, 4) is 5.75 Å². The van der Waals surface area contributed by atoms with Gasteiger partial charge in [-0.05, 0) is 30.7 Å². The fourth-order valence-electron chi connectivity index (χ4n) is 1.62. The fourth-order valence-corrected chi connectivity index (χ4v) is 1.80. The maximum atomic E-state index is 12.1. The normalized spacial score (nSPS) is 10.2. The molecule has 0 atom stereocenters. The SMILES string of the molecule is Cc1ccc(NC(=O)c2cccc(Cl)c2N)cc1O. The van der Waals surface area contributed by atoms with Crippen molar-refractivity contribution in [1.29, 1.82) is 0 Å². The van der Waals surface area contributed by atoms with Gasteiger partial charge in [0.15, 0.2) is 0 Å². The first-order valence-corrected chi connectivity index (χ1v) is 6.02. The summed E-state index contributed by atoms with van der Waals surface area (Å²) in [5.41, 5.74) is 7.51. The Hall–Kier alpha value is -2.20. The van der Waals surface area contributed by atoms with Crippen LogP contribution in [0.4, 0.5) is 11.4 Å². The molecule has 0 heterocycles. The van der Waals surface area contributed by atoms with Crippen molar-refractivity contribution in [1.82, 2.24) is 0 Å². The summed E-state index contributed by atoms with van der Waals surface area (Å²) in [6, 6.07) is 9.75. The maximum absolute atomic E-state index is 12.1. The van der Waals surface area contributed by atoms with E-state index in [4.69, 9.17) is 17.3 Å². The molecule has 0 saturated heterocycles. The average molecular weight is 277 g/mol. The second-order valence-electron chi connectivity index (χ2n) is 4.16. The number of para-hydroxylation sites is 1. The van der Waals surface area contributed by atoms with Crippen LogP contribution in [0.25, 0.3) is 0 Å². The van der Waals surface area contributed by atoms with E-state index in [1.54, 1.807) is 37.3 Å². The lowest BCUT2D eigenvalue weighted by Gasteiger charge is -2.09. The van der Waals surface area contributed by atoms with Gasteiger partial charge in [0, 0.05) is 11.8 Å². The third kappa shape index (κ3) is 2.80. The van der Waals surface area contributed by atoms with E-state index >= 15 is 0 Å². The molecule has 4 N–H and O–H groups in total. The van der Waals surface area contributed by atoms with Crippen molar-refractivity contribution >= 4 is 28.9 Å². The number of phenolic OH excluding ortho intramolecular Hbond substituents is 1. The predicted molar refractivity (Wildman–Crippen MR) is 76.7 cm³/mol. The third-order valence-corrected chi connectivity index (χ3v) is 3.09. The van der Waals surface area contributed by atoms with Crippen molar-refractivity contribution < 1.29 is 9.90 Å². The van der Waals surface area contributed by atoms with Gasteiger partial charge in [-0.3, -0.25) is 4.79 Å². The summed E-state index contributed by atoms with van der Waals surface area (Å²) in [6.07, 6.45) is 0. The Bertz CT molecular complexity index is 641. The Morgan fingerprint density at radius 1 is 1.32 bits per heavy atom. The Labute approximate surface area is 115 Å². The number of benzene rings is 2. The van der Waals surface area contributed by atoms with E-state index in [2.05, 4.69) is 5.32 Å². The highest BCUT2D eigenvalue weighted by molar-refractivity contribution is 6.34. The van der Waals surface area contributed by atoms with Gasteiger partial charge in [-0.1, -0.05) is 23.7 Å². The topological polar surface area (TPSA) is 75.4 Å². The molecule has 0 unspecified atom stereocenters. The number of aryl methyl sites for hydroxylation is 1. The van der Waals surface area contributed by atoms with E-state index in [9.17, 15) is 9.90 Å². The highest BCUT2D eigenvalue weighted by Crippen LogP contribution is 2.25. The molecule has 0 fully saturated rings. The van der Waals surface area contributed by atoms with E-state index in [1.807, 2.05) is 0 Å². The number of hydrogen-bond donors (Lipinski definition) is 3. The van der Waals surface area contributed by atoms with Gasteiger partial charge in [0.1, 0.15) is 5.75 Å².